The van der Waals surface area contributed by atoms with Gasteiger partial charge in [-0.15, -0.1) is 0 Å². The van der Waals surface area contributed by atoms with Crippen LogP contribution in [0.3, 0.4) is 0 Å². The number of amides is 1. The lowest BCUT2D eigenvalue weighted by atomic mass is 10.2. The van der Waals surface area contributed by atoms with Gasteiger partial charge in [0, 0.05) is 5.56 Å². The predicted molar refractivity (Wildman–Crippen MR) is 68.7 cm³/mol. The van der Waals surface area contributed by atoms with Gasteiger partial charge in [0.05, 0.1) is 6.73 Å². The van der Waals surface area contributed by atoms with Crippen molar-refractivity contribution in [2.75, 3.05) is 6.73 Å². The van der Waals surface area contributed by atoms with Gasteiger partial charge in [0.15, 0.2) is 6.23 Å². The van der Waals surface area contributed by atoms with Crippen LogP contribution in [0.5, 0.6) is 0 Å². The van der Waals surface area contributed by atoms with Crippen LogP contribution in [0.25, 0.3) is 0 Å². The molecule has 0 aromatic heterocycles. The zero-order valence-corrected chi connectivity index (χ0v) is 11.0. The van der Waals surface area contributed by atoms with Crippen molar-refractivity contribution in [3.63, 3.8) is 0 Å². The quantitative estimate of drug-likeness (QED) is 0.805. The van der Waals surface area contributed by atoms with Gasteiger partial charge in [0.1, 0.15) is 5.60 Å². The average Bonchev–Trinajstić information content (AvgIpc) is 2.27. The number of nitrogens with two attached hydrogens (primary N) is 1. The van der Waals surface area contributed by atoms with Gasteiger partial charge < -0.3 is 15.2 Å². The van der Waals surface area contributed by atoms with Crippen molar-refractivity contribution in [2.45, 2.75) is 32.6 Å². The van der Waals surface area contributed by atoms with Gasteiger partial charge in [-0.2, -0.15) is 0 Å². The van der Waals surface area contributed by atoms with E-state index in [9.17, 15) is 4.79 Å². The fourth-order valence-electron chi connectivity index (χ4n) is 1.36. The van der Waals surface area contributed by atoms with E-state index in [0.29, 0.717) is 0 Å². The molecular weight excluding hydrogens is 232 g/mol. The van der Waals surface area contributed by atoms with Gasteiger partial charge in [-0.1, -0.05) is 30.3 Å². The first-order valence-electron chi connectivity index (χ1n) is 5.78. The Balaban J connectivity index is 2.67. The average molecular weight is 252 g/mol. The monoisotopic (exact) mass is 252 g/mol. The Morgan fingerprint density at radius 1 is 1.33 bits per heavy atom. The number of carbonyl (C=O) groups excluding carboxylic acids is 1. The maximum absolute atomic E-state index is 11.7. The van der Waals surface area contributed by atoms with Crippen LogP contribution in [-0.4, -0.2) is 18.4 Å². The molecule has 5 heteroatoms. The van der Waals surface area contributed by atoms with Crippen molar-refractivity contribution in [1.29, 1.82) is 0 Å². The van der Waals surface area contributed by atoms with E-state index < -0.39 is 17.9 Å². The van der Waals surface area contributed by atoms with Gasteiger partial charge >= 0.3 is 6.09 Å². The Morgan fingerprint density at radius 2 is 1.94 bits per heavy atom. The molecule has 18 heavy (non-hydrogen) atoms. The predicted octanol–water partition coefficient (Wildman–Crippen LogP) is 2.14. The number of hydrogen-bond donors (Lipinski definition) is 2. The van der Waals surface area contributed by atoms with Crippen molar-refractivity contribution in [2.24, 2.45) is 5.73 Å². The normalized spacial score (nSPS) is 12.9. The molecule has 0 aliphatic rings. The van der Waals surface area contributed by atoms with E-state index in [1.807, 2.05) is 30.3 Å². The van der Waals surface area contributed by atoms with Crippen molar-refractivity contribution in [3.8, 4) is 0 Å². The second-order valence-corrected chi connectivity index (χ2v) is 4.77. The van der Waals surface area contributed by atoms with Crippen LogP contribution in [0.2, 0.25) is 0 Å². The summed E-state index contributed by atoms with van der Waals surface area (Å²) in [6.07, 6.45) is -1.14. The van der Waals surface area contributed by atoms with Gasteiger partial charge in [-0.25, -0.2) is 4.79 Å². The molecule has 0 aliphatic carbocycles. The summed E-state index contributed by atoms with van der Waals surface area (Å²) >= 11 is 0. The number of ether oxygens (including phenoxy) is 2. The lowest BCUT2D eigenvalue weighted by molar-refractivity contribution is 0.00697. The minimum Gasteiger partial charge on any atom is -0.444 e. The Bertz CT molecular complexity index is 374. The molecule has 0 saturated carbocycles. The summed E-state index contributed by atoms with van der Waals surface area (Å²) < 4.78 is 10.4. The van der Waals surface area contributed by atoms with Crippen molar-refractivity contribution in [3.05, 3.63) is 35.9 Å². The summed E-state index contributed by atoms with van der Waals surface area (Å²) in [4.78, 5) is 11.7. The van der Waals surface area contributed by atoms with Crippen molar-refractivity contribution >= 4 is 6.09 Å². The van der Waals surface area contributed by atoms with Crippen LogP contribution in [0, 0.1) is 0 Å². The van der Waals surface area contributed by atoms with Gasteiger partial charge in [0.25, 0.3) is 0 Å². The van der Waals surface area contributed by atoms with E-state index in [4.69, 9.17) is 15.2 Å². The highest BCUT2D eigenvalue weighted by atomic mass is 16.6. The largest absolute Gasteiger partial charge is 0.444 e. The van der Waals surface area contributed by atoms with Gasteiger partial charge in [-0.05, 0) is 20.8 Å². The first-order valence-corrected chi connectivity index (χ1v) is 5.78. The molecule has 0 bridgehead atoms. The maximum Gasteiger partial charge on any atom is 0.409 e. The van der Waals surface area contributed by atoms with Crippen LogP contribution in [0.15, 0.2) is 30.3 Å². The highest BCUT2D eigenvalue weighted by Crippen LogP contribution is 2.15. The fourth-order valence-corrected chi connectivity index (χ4v) is 1.36. The van der Waals surface area contributed by atoms with Crippen LogP contribution in [0.1, 0.15) is 32.6 Å². The molecule has 3 N–H and O–H groups in total. The minimum atomic E-state index is -0.606. The minimum absolute atomic E-state index is 0.00928. The molecule has 0 heterocycles. The molecule has 1 rings (SSSR count). The third kappa shape index (κ3) is 5.16. The van der Waals surface area contributed by atoms with E-state index in [2.05, 4.69) is 5.32 Å². The summed E-state index contributed by atoms with van der Waals surface area (Å²) in [6, 6.07) is 9.30. The summed E-state index contributed by atoms with van der Waals surface area (Å²) in [6.45, 7) is 5.41. The number of nitrogens with one attached hydrogen (secondary N) is 1. The Kier molecular flexibility index (Phi) is 5.12. The highest BCUT2D eigenvalue weighted by Gasteiger charge is 2.20. The molecule has 1 amide bonds. The van der Waals surface area contributed by atoms with Crippen molar-refractivity contribution < 1.29 is 14.3 Å². The Labute approximate surface area is 107 Å². The van der Waals surface area contributed by atoms with Crippen LogP contribution < -0.4 is 11.1 Å². The first-order chi connectivity index (χ1) is 8.42. The van der Waals surface area contributed by atoms with E-state index >= 15 is 0 Å². The van der Waals surface area contributed by atoms with E-state index in [-0.39, 0.29) is 6.73 Å². The molecule has 0 saturated heterocycles. The molecular formula is C13H20N2O3. The lowest BCUT2D eigenvalue weighted by Crippen LogP contribution is -2.36. The molecule has 1 unspecified atom stereocenters. The molecule has 100 valence electrons. The maximum atomic E-state index is 11.7. The summed E-state index contributed by atoms with van der Waals surface area (Å²) in [5.74, 6) is 0. The molecule has 1 atom stereocenters. The third-order valence-corrected chi connectivity index (χ3v) is 2.01. The molecule has 0 fully saturated rings. The molecule has 1 aromatic rings. The van der Waals surface area contributed by atoms with Crippen LogP contribution >= 0.6 is 0 Å². The standard InChI is InChI=1S/C13H20N2O3/c1-13(2,3)18-12(16)15-11(17-9-14)10-7-5-4-6-8-10/h4-8,11H,9,14H2,1-3H3,(H,15,16). The topological polar surface area (TPSA) is 73.6 Å². The van der Waals surface area contributed by atoms with Crippen molar-refractivity contribution in [1.82, 2.24) is 5.32 Å². The number of benzene rings is 1. The second-order valence-electron chi connectivity index (χ2n) is 4.77. The zero-order chi connectivity index (χ0) is 13.6. The SMILES string of the molecule is CC(C)(C)OC(=O)NC(OCN)c1ccccc1. The van der Waals surface area contributed by atoms with Crippen LogP contribution in [0.4, 0.5) is 4.79 Å². The number of carbonyl (C=O) groups is 1. The number of alkyl carbamates (subject to hydrolysis) is 1. The smallest absolute Gasteiger partial charge is 0.409 e. The summed E-state index contributed by atoms with van der Waals surface area (Å²) in [7, 11) is 0. The van der Waals surface area contributed by atoms with E-state index in [1.165, 1.54) is 0 Å². The lowest BCUT2D eigenvalue weighted by Gasteiger charge is -2.23. The number of rotatable bonds is 4. The van der Waals surface area contributed by atoms with Gasteiger partial charge in [0.2, 0.25) is 0 Å². The molecule has 0 aliphatic heterocycles. The summed E-state index contributed by atoms with van der Waals surface area (Å²) in [5, 5.41) is 2.63. The van der Waals surface area contributed by atoms with Crippen LogP contribution in [-0.2, 0) is 9.47 Å². The van der Waals surface area contributed by atoms with E-state index in [0.717, 1.165) is 5.56 Å². The fraction of sp³-hybridized carbons (Fsp3) is 0.462. The first kappa shape index (κ1) is 14.5. The number of hydrogen-bond acceptors (Lipinski definition) is 4. The Hall–Kier alpha value is -1.59. The molecule has 1 aromatic carbocycles. The zero-order valence-electron chi connectivity index (χ0n) is 11.0. The third-order valence-electron chi connectivity index (χ3n) is 2.01. The highest BCUT2D eigenvalue weighted by molar-refractivity contribution is 5.68. The summed E-state index contributed by atoms with van der Waals surface area (Å²) in [5.41, 5.74) is 5.62. The van der Waals surface area contributed by atoms with Gasteiger partial charge in [-0.3, -0.25) is 5.32 Å². The molecule has 0 spiro atoms. The molecule has 5 nitrogen and oxygen atoms in total. The Morgan fingerprint density at radius 3 is 2.44 bits per heavy atom. The van der Waals surface area contributed by atoms with E-state index in [1.54, 1.807) is 20.8 Å². The molecule has 0 radical (unpaired) electrons. The second kappa shape index (κ2) is 6.37.